The van der Waals surface area contributed by atoms with E-state index >= 15 is 0 Å². The number of imidazole rings is 1. The van der Waals surface area contributed by atoms with E-state index in [0.717, 1.165) is 15.7 Å². The molecule has 0 bridgehead atoms. The molecule has 0 aliphatic carbocycles. The van der Waals surface area contributed by atoms with Crippen LogP contribution >= 0.6 is 0 Å². The zero-order valence-corrected chi connectivity index (χ0v) is 14.9. The first-order chi connectivity index (χ1) is 12.8. The molecule has 0 atom stereocenters. The minimum atomic E-state index is -4.57. The van der Waals surface area contributed by atoms with Gasteiger partial charge in [-0.2, -0.15) is 13.2 Å². The molecule has 0 aliphatic rings. The molecular weight excluding hydrogens is 357 g/mol. The van der Waals surface area contributed by atoms with Crippen LogP contribution < -0.4 is 10.6 Å². The molecule has 0 saturated carbocycles. The lowest BCUT2D eigenvalue weighted by Gasteiger charge is -2.13. The average molecular weight is 376 g/mol. The summed E-state index contributed by atoms with van der Waals surface area (Å²) < 4.78 is 40.9. The number of amides is 2. The normalized spacial score (nSPS) is 11.6. The molecule has 27 heavy (non-hydrogen) atoms. The molecule has 3 rings (SSSR count). The van der Waals surface area contributed by atoms with Crippen molar-refractivity contribution in [3.05, 3.63) is 59.4 Å². The van der Waals surface area contributed by atoms with Crippen LogP contribution in [-0.2, 0) is 12.7 Å². The first-order valence-corrected chi connectivity index (χ1v) is 8.41. The van der Waals surface area contributed by atoms with E-state index in [1.807, 2.05) is 26.0 Å². The number of hydrogen-bond donors (Lipinski definition) is 2. The van der Waals surface area contributed by atoms with Gasteiger partial charge >= 0.3 is 12.2 Å². The molecule has 2 aromatic carbocycles. The minimum Gasteiger partial charge on any atom is -0.336 e. The van der Waals surface area contributed by atoms with Crippen LogP contribution in [0.2, 0.25) is 0 Å². The predicted octanol–water partition coefficient (Wildman–Crippen LogP) is 4.49. The fourth-order valence-corrected chi connectivity index (χ4v) is 2.85. The Balaban J connectivity index is 1.70. The minimum absolute atomic E-state index is 0.0279. The summed E-state index contributed by atoms with van der Waals surface area (Å²) in [6.45, 7) is 3.80. The molecule has 1 aromatic heterocycles. The lowest BCUT2D eigenvalue weighted by molar-refractivity contribution is -0.146. The fourth-order valence-electron chi connectivity index (χ4n) is 2.85. The Morgan fingerprint density at radius 2 is 1.85 bits per heavy atom. The van der Waals surface area contributed by atoms with Crippen molar-refractivity contribution < 1.29 is 18.0 Å². The second-order valence-electron chi connectivity index (χ2n) is 6.20. The Morgan fingerprint density at radius 3 is 2.59 bits per heavy atom. The van der Waals surface area contributed by atoms with Crippen molar-refractivity contribution in [1.82, 2.24) is 14.9 Å². The van der Waals surface area contributed by atoms with Crippen molar-refractivity contribution in [3.63, 3.8) is 0 Å². The number of para-hydroxylation sites is 2. The van der Waals surface area contributed by atoms with Crippen LogP contribution in [0, 0.1) is 13.8 Å². The smallest absolute Gasteiger partial charge is 0.336 e. The van der Waals surface area contributed by atoms with Gasteiger partial charge in [0.2, 0.25) is 5.82 Å². The number of rotatable bonds is 4. The SMILES string of the molecule is Cc1cccc(NC(=O)NCCn2c(C(F)(F)F)nc3ccccc32)c1C. The van der Waals surface area contributed by atoms with Crippen LogP contribution in [0.4, 0.5) is 23.7 Å². The number of benzene rings is 2. The molecule has 0 spiro atoms. The Kier molecular flexibility index (Phi) is 5.07. The lowest BCUT2D eigenvalue weighted by atomic mass is 10.1. The molecule has 0 unspecified atom stereocenters. The zero-order valence-electron chi connectivity index (χ0n) is 14.9. The summed E-state index contributed by atoms with van der Waals surface area (Å²) in [5, 5.41) is 5.31. The third kappa shape index (κ3) is 4.05. The number of carbonyl (C=O) groups is 1. The van der Waals surface area contributed by atoms with Gasteiger partial charge in [-0.25, -0.2) is 9.78 Å². The Morgan fingerprint density at radius 1 is 1.11 bits per heavy atom. The molecule has 2 N–H and O–H groups in total. The molecular formula is C19H19F3N4O. The predicted molar refractivity (Wildman–Crippen MR) is 97.7 cm³/mol. The van der Waals surface area contributed by atoms with Gasteiger partial charge < -0.3 is 15.2 Å². The molecule has 2 amide bonds. The van der Waals surface area contributed by atoms with Crippen molar-refractivity contribution in [2.45, 2.75) is 26.6 Å². The summed E-state index contributed by atoms with van der Waals surface area (Å²) in [6, 6.07) is 11.5. The monoisotopic (exact) mass is 376 g/mol. The zero-order chi connectivity index (χ0) is 19.6. The molecule has 5 nitrogen and oxygen atoms in total. The van der Waals surface area contributed by atoms with Gasteiger partial charge in [0.05, 0.1) is 11.0 Å². The number of aryl methyl sites for hydroxylation is 1. The van der Waals surface area contributed by atoms with E-state index in [4.69, 9.17) is 0 Å². The van der Waals surface area contributed by atoms with E-state index in [1.54, 1.807) is 24.3 Å². The van der Waals surface area contributed by atoms with Crippen LogP contribution in [0.15, 0.2) is 42.5 Å². The maximum atomic E-state index is 13.3. The Bertz CT molecular complexity index is 979. The summed E-state index contributed by atoms with van der Waals surface area (Å²) in [5.41, 5.74) is 3.28. The Hall–Kier alpha value is -3.03. The first-order valence-electron chi connectivity index (χ1n) is 8.41. The quantitative estimate of drug-likeness (QED) is 0.705. The maximum absolute atomic E-state index is 13.3. The van der Waals surface area contributed by atoms with Crippen molar-refractivity contribution >= 4 is 22.8 Å². The van der Waals surface area contributed by atoms with Gasteiger partial charge in [-0.3, -0.25) is 0 Å². The van der Waals surface area contributed by atoms with Gasteiger partial charge in [0.1, 0.15) is 0 Å². The van der Waals surface area contributed by atoms with Crippen LogP contribution in [0.3, 0.4) is 0 Å². The lowest BCUT2D eigenvalue weighted by Crippen LogP contribution is -2.32. The van der Waals surface area contributed by atoms with E-state index in [1.165, 1.54) is 6.07 Å². The molecule has 0 aliphatic heterocycles. The average Bonchev–Trinajstić information content (AvgIpc) is 2.98. The highest BCUT2D eigenvalue weighted by Crippen LogP contribution is 2.31. The van der Waals surface area contributed by atoms with E-state index in [0.29, 0.717) is 11.2 Å². The number of urea groups is 1. The highest BCUT2D eigenvalue weighted by atomic mass is 19.4. The fraction of sp³-hybridized carbons (Fsp3) is 0.263. The van der Waals surface area contributed by atoms with Crippen LogP contribution in [0.5, 0.6) is 0 Å². The third-order valence-electron chi connectivity index (χ3n) is 4.38. The molecule has 3 aromatic rings. The summed E-state index contributed by atoms with van der Waals surface area (Å²) >= 11 is 0. The third-order valence-corrected chi connectivity index (χ3v) is 4.38. The van der Waals surface area contributed by atoms with Crippen LogP contribution in [-0.4, -0.2) is 22.1 Å². The van der Waals surface area contributed by atoms with Gasteiger partial charge in [-0.05, 0) is 43.2 Å². The maximum Gasteiger partial charge on any atom is 0.449 e. The van der Waals surface area contributed by atoms with Crippen molar-refractivity contribution in [2.75, 3.05) is 11.9 Å². The molecule has 0 fully saturated rings. The van der Waals surface area contributed by atoms with Crippen LogP contribution in [0.1, 0.15) is 17.0 Å². The summed E-state index contributed by atoms with van der Waals surface area (Å²) in [6.07, 6.45) is -4.57. The highest BCUT2D eigenvalue weighted by molar-refractivity contribution is 5.90. The van der Waals surface area contributed by atoms with E-state index in [-0.39, 0.29) is 18.6 Å². The van der Waals surface area contributed by atoms with Gasteiger partial charge in [-0.1, -0.05) is 24.3 Å². The number of anilines is 1. The van der Waals surface area contributed by atoms with Gasteiger partial charge in [-0.15, -0.1) is 0 Å². The van der Waals surface area contributed by atoms with Crippen molar-refractivity contribution in [2.24, 2.45) is 0 Å². The number of nitrogens with zero attached hydrogens (tertiary/aromatic N) is 2. The standard InChI is InChI=1S/C19H19F3N4O/c1-12-6-5-8-14(13(12)2)25-18(27)23-10-11-26-16-9-4-3-7-15(16)24-17(26)19(20,21)22/h3-9H,10-11H2,1-2H3,(H2,23,25,27). The largest absolute Gasteiger partial charge is 0.449 e. The highest BCUT2D eigenvalue weighted by Gasteiger charge is 2.37. The number of halogens is 3. The van der Waals surface area contributed by atoms with Crippen LogP contribution in [0.25, 0.3) is 11.0 Å². The van der Waals surface area contributed by atoms with Crippen molar-refractivity contribution in [3.8, 4) is 0 Å². The Labute approximate surface area is 154 Å². The molecule has 0 radical (unpaired) electrons. The van der Waals surface area contributed by atoms with Crippen molar-refractivity contribution in [1.29, 1.82) is 0 Å². The first kappa shape index (κ1) is 18.8. The second-order valence-corrected chi connectivity index (χ2v) is 6.20. The van der Waals surface area contributed by atoms with E-state index < -0.39 is 18.0 Å². The van der Waals surface area contributed by atoms with Gasteiger partial charge in [0.15, 0.2) is 0 Å². The van der Waals surface area contributed by atoms with E-state index in [2.05, 4.69) is 15.6 Å². The molecule has 1 heterocycles. The molecule has 8 heteroatoms. The summed E-state index contributed by atoms with van der Waals surface area (Å²) in [4.78, 5) is 15.8. The van der Waals surface area contributed by atoms with E-state index in [9.17, 15) is 18.0 Å². The number of hydrogen-bond acceptors (Lipinski definition) is 2. The summed E-state index contributed by atoms with van der Waals surface area (Å²) in [7, 11) is 0. The second kappa shape index (κ2) is 7.30. The number of nitrogens with one attached hydrogen (secondary N) is 2. The topological polar surface area (TPSA) is 59.0 Å². The number of alkyl halides is 3. The molecule has 0 saturated heterocycles. The molecule has 142 valence electrons. The number of fused-ring (bicyclic) bond motifs is 1. The summed E-state index contributed by atoms with van der Waals surface area (Å²) in [5.74, 6) is -0.972. The van der Waals surface area contributed by atoms with Gasteiger partial charge in [0, 0.05) is 18.8 Å². The number of aromatic nitrogens is 2. The number of carbonyl (C=O) groups excluding carboxylic acids is 1. The van der Waals surface area contributed by atoms with Gasteiger partial charge in [0.25, 0.3) is 0 Å².